The third-order valence-electron chi connectivity index (χ3n) is 3.03. The van der Waals surface area contributed by atoms with Gasteiger partial charge in [-0.3, -0.25) is 14.9 Å². The van der Waals surface area contributed by atoms with E-state index in [4.69, 9.17) is 0 Å². The smallest absolute Gasteiger partial charge is 0.249 e. The van der Waals surface area contributed by atoms with Crippen LogP contribution in [0.2, 0.25) is 0 Å². The number of anilines is 1. The summed E-state index contributed by atoms with van der Waals surface area (Å²) in [5, 5.41) is 6.19. The Morgan fingerprint density at radius 2 is 2.11 bits per heavy atom. The molecule has 1 fully saturated rings. The lowest BCUT2D eigenvalue weighted by Gasteiger charge is -2.21. The van der Waals surface area contributed by atoms with Gasteiger partial charge in [0, 0.05) is 18.0 Å². The highest BCUT2D eigenvalue weighted by Crippen LogP contribution is 2.14. The van der Waals surface area contributed by atoms with E-state index >= 15 is 0 Å². The number of hydrogen-bond acceptors (Lipinski definition) is 5. The van der Waals surface area contributed by atoms with Crippen LogP contribution in [0.4, 0.5) is 5.95 Å². The monoisotopic (exact) mass is 256 g/mol. The summed E-state index contributed by atoms with van der Waals surface area (Å²) in [6.07, 6.45) is 2.49. The van der Waals surface area contributed by atoms with Gasteiger partial charge in [-0.1, -0.05) is 18.2 Å². The number of benzene rings is 1. The first-order valence-corrected chi connectivity index (χ1v) is 6.04. The van der Waals surface area contributed by atoms with Crippen LogP contribution >= 0.6 is 0 Å². The number of hydrogen-bond donors (Lipinski definition) is 2. The van der Waals surface area contributed by atoms with Crippen molar-refractivity contribution in [2.24, 2.45) is 0 Å². The molecule has 2 aromatic rings. The summed E-state index contributed by atoms with van der Waals surface area (Å²) >= 11 is 0. The van der Waals surface area contributed by atoms with Crippen LogP contribution in [0, 0.1) is 0 Å². The van der Waals surface area contributed by atoms with Crippen molar-refractivity contribution in [3.8, 4) is 0 Å². The van der Waals surface area contributed by atoms with E-state index in [1.54, 1.807) is 6.20 Å². The van der Waals surface area contributed by atoms with E-state index in [0.29, 0.717) is 18.8 Å². The van der Waals surface area contributed by atoms with E-state index in [1.165, 1.54) is 0 Å². The summed E-state index contributed by atoms with van der Waals surface area (Å²) in [6.45, 7) is 0. The molecule has 96 valence electrons. The molecule has 0 bridgehead atoms. The zero-order valence-corrected chi connectivity index (χ0v) is 10.1. The lowest BCUT2D eigenvalue weighted by atomic mass is 10.1. The molecule has 2 amide bonds. The fourth-order valence-corrected chi connectivity index (χ4v) is 2.03. The number of carbonyl (C=O) groups is 2. The van der Waals surface area contributed by atoms with Crippen molar-refractivity contribution >= 4 is 28.7 Å². The average Bonchev–Trinajstić information content (AvgIpc) is 2.42. The third-order valence-corrected chi connectivity index (χ3v) is 3.03. The van der Waals surface area contributed by atoms with Gasteiger partial charge in [0.15, 0.2) is 0 Å². The topological polar surface area (TPSA) is 84.0 Å². The predicted octanol–water partition coefficient (Wildman–Crippen LogP) is 0.847. The fraction of sp³-hybridized carbons (Fsp3) is 0.231. The molecular weight excluding hydrogens is 244 g/mol. The molecule has 6 nitrogen and oxygen atoms in total. The van der Waals surface area contributed by atoms with Crippen LogP contribution < -0.4 is 10.6 Å². The van der Waals surface area contributed by atoms with E-state index in [1.807, 2.05) is 24.3 Å². The highest BCUT2D eigenvalue weighted by atomic mass is 16.2. The Kier molecular flexibility index (Phi) is 2.83. The van der Waals surface area contributed by atoms with E-state index in [-0.39, 0.29) is 11.8 Å². The quantitative estimate of drug-likeness (QED) is 0.778. The van der Waals surface area contributed by atoms with Crippen molar-refractivity contribution in [1.82, 2.24) is 15.3 Å². The van der Waals surface area contributed by atoms with Crippen molar-refractivity contribution in [3.05, 3.63) is 30.5 Å². The molecule has 6 heteroatoms. The van der Waals surface area contributed by atoms with Crippen LogP contribution in [0.1, 0.15) is 12.8 Å². The number of imide groups is 1. The molecule has 19 heavy (non-hydrogen) atoms. The number of fused-ring (bicyclic) bond motifs is 1. The zero-order valence-electron chi connectivity index (χ0n) is 10.1. The second-order valence-electron chi connectivity index (χ2n) is 4.40. The Morgan fingerprint density at radius 3 is 2.95 bits per heavy atom. The summed E-state index contributed by atoms with van der Waals surface area (Å²) < 4.78 is 0. The molecule has 1 aliphatic rings. The minimum Gasteiger partial charge on any atom is -0.342 e. The maximum absolute atomic E-state index is 11.6. The Morgan fingerprint density at radius 1 is 1.26 bits per heavy atom. The van der Waals surface area contributed by atoms with Crippen molar-refractivity contribution in [2.45, 2.75) is 18.9 Å². The Hall–Kier alpha value is -2.50. The molecule has 0 spiro atoms. The van der Waals surface area contributed by atoms with Gasteiger partial charge in [-0.25, -0.2) is 9.97 Å². The molecule has 0 radical (unpaired) electrons. The predicted molar refractivity (Wildman–Crippen MR) is 69.3 cm³/mol. The van der Waals surface area contributed by atoms with Gasteiger partial charge in [0.05, 0.1) is 5.52 Å². The number of aromatic nitrogens is 2. The van der Waals surface area contributed by atoms with Crippen LogP contribution in [0.15, 0.2) is 30.5 Å². The van der Waals surface area contributed by atoms with Gasteiger partial charge in [0.1, 0.15) is 6.04 Å². The number of amides is 2. The number of nitrogens with one attached hydrogen (secondary N) is 2. The number of piperidine rings is 1. The SMILES string of the molecule is O=C1CCC(Nc2ncc3ccccc3n2)C(=O)N1. The van der Waals surface area contributed by atoms with Gasteiger partial charge in [-0.15, -0.1) is 0 Å². The van der Waals surface area contributed by atoms with Gasteiger partial charge < -0.3 is 5.32 Å². The van der Waals surface area contributed by atoms with Gasteiger partial charge in [-0.2, -0.15) is 0 Å². The van der Waals surface area contributed by atoms with E-state index in [0.717, 1.165) is 10.9 Å². The standard InChI is InChI=1S/C13H12N4O2/c18-11-6-5-10(12(19)17-11)16-13-14-7-8-3-1-2-4-9(8)15-13/h1-4,7,10H,5-6H2,(H,14,15,16)(H,17,18,19). The average molecular weight is 256 g/mol. The lowest BCUT2D eigenvalue weighted by Crippen LogP contribution is -2.47. The van der Waals surface area contributed by atoms with Crippen LogP contribution in [-0.2, 0) is 9.59 Å². The van der Waals surface area contributed by atoms with E-state index < -0.39 is 6.04 Å². The molecule has 1 aliphatic heterocycles. The number of nitrogens with zero attached hydrogens (tertiary/aromatic N) is 2. The highest BCUT2D eigenvalue weighted by molar-refractivity contribution is 6.01. The van der Waals surface area contributed by atoms with E-state index in [9.17, 15) is 9.59 Å². The first-order chi connectivity index (χ1) is 9.22. The summed E-state index contributed by atoms with van der Waals surface area (Å²) in [5.41, 5.74) is 0.812. The molecule has 2 heterocycles. The highest BCUT2D eigenvalue weighted by Gasteiger charge is 2.26. The van der Waals surface area contributed by atoms with Crippen molar-refractivity contribution in [1.29, 1.82) is 0 Å². The molecule has 0 saturated carbocycles. The largest absolute Gasteiger partial charge is 0.342 e. The van der Waals surface area contributed by atoms with Crippen molar-refractivity contribution in [2.75, 3.05) is 5.32 Å². The molecule has 1 aromatic carbocycles. The molecule has 1 atom stereocenters. The summed E-state index contributed by atoms with van der Waals surface area (Å²) in [4.78, 5) is 31.2. The maximum atomic E-state index is 11.6. The fourth-order valence-electron chi connectivity index (χ4n) is 2.03. The minimum absolute atomic E-state index is 0.234. The lowest BCUT2D eigenvalue weighted by molar-refractivity contribution is -0.133. The van der Waals surface area contributed by atoms with E-state index in [2.05, 4.69) is 20.6 Å². The van der Waals surface area contributed by atoms with Gasteiger partial charge in [0.2, 0.25) is 17.8 Å². The first-order valence-electron chi connectivity index (χ1n) is 6.04. The van der Waals surface area contributed by atoms with Crippen LogP contribution in [0.25, 0.3) is 10.9 Å². The molecule has 3 rings (SSSR count). The van der Waals surface area contributed by atoms with Crippen molar-refractivity contribution < 1.29 is 9.59 Å². The number of carbonyl (C=O) groups excluding carboxylic acids is 2. The van der Waals surface area contributed by atoms with Crippen LogP contribution in [0.5, 0.6) is 0 Å². The molecule has 1 saturated heterocycles. The molecule has 1 unspecified atom stereocenters. The summed E-state index contributed by atoms with van der Waals surface area (Å²) in [6, 6.07) is 7.15. The van der Waals surface area contributed by atoms with Gasteiger partial charge in [-0.05, 0) is 12.5 Å². The van der Waals surface area contributed by atoms with Gasteiger partial charge >= 0.3 is 0 Å². The zero-order chi connectivity index (χ0) is 13.2. The second-order valence-corrected chi connectivity index (χ2v) is 4.40. The Labute approximate surface area is 109 Å². The maximum Gasteiger partial charge on any atom is 0.249 e. The molecule has 1 aromatic heterocycles. The number of rotatable bonds is 2. The summed E-state index contributed by atoms with van der Waals surface area (Å²) in [5.74, 6) is -0.163. The minimum atomic E-state index is -0.459. The Bertz CT molecular complexity index is 656. The normalized spacial score (nSPS) is 19.3. The van der Waals surface area contributed by atoms with Crippen LogP contribution in [-0.4, -0.2) is 27.8 Å². The van der Waals surface area contributed by atoms with Crippen molar-refractivity contribution in [3.63, 3.8) is 0 Å². The molecule has 0 aliphatic carbocycles. The number of para-hydroxylation sites is 1. The van der Waals surface area contributed by atoms with Gasteiger partial charge in [0.25, 0.3) is 0 Å². The van der Waals surface area contributed by atoms with Crippen LogP contribution in [0.3, 0.4) is 0 Å². The first kappa shape index (κ1) is 11.6. The Balaban J connectivity index is 1.81. The second kappa shape index (κ2) is 4.64. The molecular formula is C13H12N4O2. The summed E-state index contributed by atoms with van der Waals surface area (Å²) in [7, 11) is 0. The molecule has 2 N–H and O–H groups in total. The third kappa shape index (κ3) is 2.37.